The van der Waals surface area contributed by atoms with Crippen LogP contribution < -0.4 is 9.46 Å². The lowest BCUT2D eigenvalue weighted by molar-refractivity contribution is -0.385. The number of nitrogens with one attached hydrogen (secondary N) is 1. The molecule has 0 amide bonds. The summed E-state index contributed by atoms with van der Waals surface area (Å²) < 4.78 is 33.4. The van der Waals surface area contributed by atoms with Crippen LogP contribution in [0.4, 0.5) is 5.69 Å². The minimum atomic E-state index is -3.92. The molecule has 0 aromatic heterocycles. The molecule has 1 fully saturated rings. The molecular formula is C19H22N2O5S. The van der Waals surface area contributed by atoms with Crippen molar-refractivity contribution in [2.45, 2.75) is 42.5 Å². The molecule has 0 radical (unpaired) electrons. The average Bonchev–Trinajstić information content (AvgIpc) is 2.68. The van der Waals surface area contributed by atoms with Crippen molar-refractivity contribution in [3.8, 4) is 5.75 Å². The fourth-order valence-corrected chi connectivity index (χ4v) is 5.04. The summed E-state index contributed by atoms with van der Waals surface area (Å²) in [4.78, 5) is 10.2. The molecule has 0 aliphatic heterocycles. The fraction of sp³-hybridized carbons (Fsp3) is 0.368. The summed E-state index contributed by atoms with van der Waals surface area (Å²) in [6, 6.07) is 13.6. The SMILES string of the molecule is COc1ccc([N+](=O)[O-])cc1S(=O)(=O)NC1CCC(c2ccccc2)CC1. The highest BCUT2D eigenvalue weighted by Gasteiger charge is 2.29. The number of sulfonamides is 1. The van der Waals surface area contributed by atoms with Crippen molar-refractivity contribution in [1.82, 2.24) is 4.72 Å². The van der Waals surface area contributed by atoms with Gasteiger partial charge in [-0.1, -0.05) is 30.3 Å². The highest BCUT2D eigenvalue weighted by molar-refractivity contribution is 7.89. The number of nitro benzene ring substituents is 1. The number of non-ortho nitro benzene ring substituents is 1. The molecular weight excluding hydrogens is 368 g/mol. The molecule has 0 spiro atoms. The number of nitrogens with zero attached hydrogens (tertiary/aromatic N) is 1. The molecule has 8 heteroatoms. The summed E-state index contributed by atoms with van der Waals surface area (Å²) in [6.07, 6.45) is 3.22. The van der Waals surface area contributed by atoms with E-state index in [9.17, 15) is 18.5 Å². The zero-order chi connectivity index (χ0) is 19.4. The molecule has 0 saturated heterocycles. The molecule has 2 aromatic rings. The van der Waals surface area contributed by atoms with E-state index in [0.29, 0.717) is 5.92 Å². The Balaban J connectivity index is 1.72. The maximum absolute atomic E-state index is 12.8. The third-order valence-corrected chi connectivity index (χ3v) is 6.51. The summed E-state index contributed by atoms with van der Waals surface area (Å²) in [5.74, 6) is 0.519. The van der Waals surface area contributed by atoms with Gasteiger partial charge in [-0.2, -0.15) is 0 Å². The maximum atomic E-state index is 12.8. The molecule has 0 unspecified atom stereocenters. The van der Waals surface area contributed by atoms with Gasteiger partial charge in [0.15, 0.2) is 0 Å². The van der Waals surface area contributed by atoms with Crippen LogP contribution >= 0.6 is 0 Å². The Morgan fingerprint density at radius 2 is 1.74 bits per heavy atom. The van der Waals surface area contributed by atoms with E-state index in [4.69, 9.17) is 4.74 Å². The lowest BCUT2D eigenvalue weighted by atomic mass is 9.82. The van der Waals surface area contributed by atoms with Crippen LogP contribution in [0.5, 0.6) is 5.75 Å². The van der Waals surface area contributed by atoms with Crippen LogP contribution in [0.2, 0.25) is 0 Å². The largest absolute Gasteiger partial charge is 0.495 e. The second kappa shape index (κ2) is 8.06. The van der Waals surface area contributed by atoms with E-state index in [1.54, 1.807) is 0 Å². The monoisotopic (exact) mass is 390 g/mol. The lowest BCUT2D eigenvalue weighted by Crippen LogP contribution is -2.37. The van der Waals surface area contributed by atoms with Crippen molar-refractivity contribution in [3.05, 3.63) is 64.2 Å². The lowest BCUT2D eigenvalue weighted by Gasteiger charge is -2.29. The number of rotatable bonds is 6. The van der Waals surface area contributed by atoms with Crippen LogP contribution in [-0.2, 0) is 10.0 Å². The highest BCUT2D eigenvalue weighted by atomic mass is 32.2. The molecule has 2 aromatic carbocycles. The van der Waals surface area contributed by atoms with Gasteiger partial charge < -0.3 is 4.74 Å². The number of methoxy groups -OCH3 is 1. The van der Waals surface area contributed by atoms with Gasteiger partial charge >= 0.3 is 0 Å². The van der Waals surface area contributed by atoms with Gasteiger partial charge in [0.2, 0.25) is 10.0 Å². The number of hydrogen-bond donors (Lipinski definition) is 1. The zero-order valence-electron chi connectivity index (χ0n) is 15.0. The van der Waals surface area contributed by atoms with Gasteiger partial charge in [0.25, 0.3) is 5.69 Å². The van der Waals surface area contributed by atoms with Gasteiger partial charge in [-0.15, -0.1) is 0 Å². The predicted octanol–water partition coefficient (Wildman–Crippen LogP) is 3.61. The van der Waals surface area contributed by atoms with Gasteiger partial charge in [-0.3, -0.25) is 10.1 Å². The molecule has 0 atom stereocenters. The first kappa shape index (κ1) is 19.3. The smallest absolute Gasteiger partial charge is 0.271 e. The van der Waals surface area contributed by atoms with E-state index in [-0.39, 0.29) is 22.4 Å². The first-order valence-electron chi connectivity index (χ1n) is 8.80. The molecule has 3 rings (SSSR count). The highest BCUT2D eigenvalue weighted by Crippen LogP contribution is 2.34. The van der Waals surface area contributed by atoms with Crippen molar-refractivity contribution >= 4 is 15.7 Å². The topological polar surface area (TPSA) is 98.5 Å². The third-order valence-electron chi connectivity index (χ3n) is 4.97. The van der Waals surface area contributed by atoms with Crippen molar-refractivity contribution < 1.29 is 18.1 Å². The first-order valence-corrected chi connectivity index (χ1v) is 10.3. The predicted molar refractivity (Wildman–Crippen MR) is 101 cm³/mol. The van der Waals surface area contributed by atoms with Crippen LogP contribution in [0.1, 0.15) is 37.2 Å². The number of benzene rings is 2. The van der Waals surface area contributed by atoms with Crippen molar-refractivity contribution in [1.29, 1.82) is 0 Å². The van der Waals surface area contributed by atoms with Crippen LogP contribution in [0.25, 0.3) is 0 Å². The molecule has 1 saturated carbocycles. The number of ether oxygens (including phenoxy) is 1. The Kier molecular flexibility index (Phi) is 5.76. The van der Waals surface area contributed by atoms with E-state index in [0.717, 1.165) is 31.7 Å². The standard InChI is InChI=1S/C19H22N2O5S/c1-26-18-12-11-17(21(22)23)13-19(18)27(24,25)20-16-9-7-15(8-10-16)14-5-3-2-4-6-14/h2-6,11-13,15-16,20H,7-10H2,1H3. The van der Waals surface area contributed by atoms with Crippen molar-refractivity contribution in [2.75, 3.05) is 7.11 Å². The zero-order valence-corrected chi connectivity index (χ0v) is 15.8. The van der Waals surface area contributed by atoms with Crippen LogP contribution in [-0.4, -0.2) is 26.5 Å². The second-order valence-corrected chi connectivity index (χ2v) is 8.36. The Morgan fingerprint density at radius 1 is 1.07 bits per heavy atom. The molecule has 1 aliphatic carbocycles. The van der Waals surface area contributed by atoms with Gasteiger partial charge in [0, 0.05) is 18.2 Å². The van der Waals surface area contributed by atoms with E-state index in [1.165, 1.54) is 24.8 Å². The Labute approximate surface area is 158 Å². The minimum Gasteiger partial charge on any atom is -0.495 e. The Hall–Kier alpha value is -2.45. The molecule has 0 bridgehead atoms. The number of hydrogen-bond acceptors (Lipinski definition) is 5. The van der Waals surface area contributed by atoms with Gasteiger partial charge in [-0.25, -0.2) is 13.1 Å². The molecule has 1 N–H and O–H groups in total. The molecule has 7 nitrogen and oxygen atoms in total. The minimum absolute atomic E-state index is 0.0890. The molecule has 27 heavy (non-hydrogen) atoms. The Bertz CT molecular complexity index is 907. The van der Waals surface area contributed by atoms with Crippen molar-refractivity contribution in [2.24, 2.45) is 0 Å². The molecule has 144 valence electrons. The van der Waals surface area contributed by atoms with E-state index >= 15 is 0 Å². The summed E-state index contributed by atoms with van der Waals surface area (Å²) in [6.45, 7) is 0. The third kappa shape index (κ3) is 4.45. The summed E-state index contributed by atoms with van der Waals surface area (Å²) in [7, 11) is -2.58. The van der Waals surface area contributed by atoms with E-state index in [2.05, 4.69) is 16.9 Å². The first-order chi connectivity index (χ1) is 12.9. The summed E-state index contributed by atoms with van der Waals surface area (Å²) in [5.41, 5.74) is 0.989. The average molecular weight is 390 g/mol. The summed E-state index contributed by atoms with van der Waals surface area (Å²) >= 11 is 0. The van der Waals surface area contributed by atoms with E-state index in [1.807, 2.05) is 18.2 Å². The van der Waals surface area contributed by atoms with E-state index < -0.39 is 14.9 Å². The summed E-state index contributed by atoms with van der Waals surface area (Å²) in [5, 5.41) is 11.0. The van der Waals surface area contributed by atoms with Crippen LogP contribution in [0.15, 0.2) is 53.4 Å². The second-order valence-electron chi connectivity index (χ2n) is 6.67. The molecule has 1 aliphatic rings. The van der Waals surface area contributed by atoms with Crippen molar-refractivity contribution in [3.63, 3.8) is 0 Å². The van der Waals surface area contributed by atoms with Gasteiger partial charge in [0.1, 0.15) is 10.6 Å². The van der Waals surface area contributed by atoms with Gasteiger partial charge in [-0.05, 0) is 43.2 Å². The maximum Gasteiger partial charge on any atom is 0.271 e. The normalized spacial score (nSPS) is 20.2. The van der Waals surface area contributed by atoms with Crippen LogP contribution in [0, 0.1) is 10.1 Å². The van der Waals surface area contributed by atoms with Crippen LogP contribution in [0.3, 0.4) is 0 Å². The Morgan fingerprint density at radius 3 is 2.33 bits per heavy atom. The fourth-order valence-electron chi connectivity index (χ4n) is 3.54. The quantitative estimate of drug-likeness (QED) is 0.600. The number of nitro groups is 1. The van der Waals surface area contributed by atoms with Gasteiger partial charge in [0.05, 0.1) is 12.0 Å². The molecule has 0 heterocycles.